The van der Waals surface area contributed by atoms with Crippen molar-refractivity contribution in [1.29, 1.82) is 0 Å². The molecule has 0 rings (SSSR count). The summed E-state index contributed by atoms with van der Waals surface area (Å²) in [5.74, 6) is 0. The van der Waals surface area contributed by atoms with E-state index in [9.17, 15) is 17.6 Å². The van der Waals surface area contributed by atoms with Crippen LogP contribution in [0.1, 0.15) is 0 Å². The summed E-state index contributed by atoms with van der Waals surface area (Å²) in [6.07, 6.45) is -3.63. The number of halogens is 7. The Hall–Kier alpha value is 0.0700. The second-order valence-electron chi connectivity index (χ2n) is 1.65. The van der Waals surface area contributed by atoms with Gasteiger partial charge in [0.05, 0.1) is 0 Å². The lowest BCUT2D eigenvalue weighted by atomic mass is 10.6. The van der Waals surface area contributed by atoms with Crippen molar-refractivity contribution in [2.75, 3.05) is 0 Å². The molecule has 0 aliphatic carbocycles. The van der Waals surface area contributed by atoms with E-state index >= 15 is 0 Å². The summed E-state index contributed by atoms with van der Waals surface area (Å²) in [4.78, 5) is 0. The summed E-state index contributed by atoms with van der Waals surface area (Å²) in [6.45, 7) is 5.46. The van der Waals surface area contributed by atoms with Crippen molar-refractivity contribution in [2.45, 2.75) is 10.8 Å². The van der Waals surface area contributed by atoms with E-state index in [4.69, 9.17) is 23.2 Å². The minimum absolute atomic E-state index is 0.802. The third-order valence-corrected chi connectivity index (χ3v) is 1.06. The van der Waals surface area contributed by atoms with E-state index in [1.165, 1.54) is 0 Å². The van der Waals surface area contributed by atoms with Gasteiger partial charge in [0.15, 0.2) is 0 Å². The topological polar surface area (TPSA) is 0 Å². The smallest absolute Gasteiger partial charge is 0.203 e. The molecule has 0 bridgehead atoms. The Morgan fingerprint density at radius 1 is 1.15 bits per heavy atom. The van der Waals surface area contributed by atoms with Gasteiger partial charge < -0.3 is 0 Å². The standard InChI is InChI=1S/C3H3Cl2F.C3H2ClF3/c1-2-3(4,5)6;1-2(4)3(5,6)7/h2H,1H2;1H2. The molecular formula is C6H5Cl3F4. The van der Waals surface area contributed by atoms with Gasteiger partial charge in [0.2, 0.25) is 0 Å². The second kappa shape index (κ2) is 5.73. The molecule has 0 atom stereocenters. The number of hydrogen-bond acceptors (Lipinski definition) is 0. The average Bonchev–Trinajstić information content (AvgIpc) is 1.85. The van der Waals surface area contributed by atoms with Crippen LogP contribution in [-0.2, 0) is 0 Å². The molecule has 0 aromatic carbocycles. The third-order valence-electron chi connectivity index (χ3n) is 0.539. The first kappa shape index (κ1) is 15.5. The quantitative estimate of drug-likeness (QED) is 0.367. The molecule has 0 heterocycles. The van der Waals surface area contributed by atoms with Crippen molar-refractivity contribution in [1.82, 2.24) is 0 Å². The minimum Gasteiger partial charge on any atom is -0.203 e. The normalized spacial score (nSPS) is 11.3. The average molecular weight is 259 g/mol. The molecule has 13 heavy (non-hydrogen) atoms. The van der Waals surface area contributed by atoms with E-state index in [1.807, 2.05) is 0 Å². The largest absolute Gasteiger partial charge is 0.426 e. The van der Waals surface area contributed by atoms with Gasteiger partial charge in [-0.1, -0.05) is 48.0 Å². The van der Waals surface area contributed by atoms with Gasteiger partial charge >= 0.3 is 6.18 Å². The van der Waals surface area contributed by atoms with Gasteiger partial charge in [-0.2, -0.15) is 13.2 Å². The Labute approximate surface area is 87.8 Å². The molecule has 0 radical (unpaired) electrons. The molecule has 0 aliphatic rings. The van der Waals surface area contributed by atoms with E-state index in [2.05, 4.69) is 24.8 Å². The molecule has 0 aliphatic heterocycles. The highest BCUT2D eigenvalue weighted by atomic mass is 35.5. The maximum atomic E-state index is 11.5. The Morgan fingerprint density at radius 3 is 1.31 bits per heavy atom. The van der Waals surface area contributed by atoms with Gasteiger partial charge in [0.25, 0.3) is 4.59 Å². The van der Waals surface area contributed by atoms with Gasteiger partial charge in [0, 0.05) is 0 Å². The zero-order valence-corrected chi connectivity index (χ0v) is 8.41. The van der Waals surface area contributed by atoms with Gasteiger partial charge in [0.1, 0.15) is 5.03 Å². The molecule has 0 N–H and O–H groups in total. The fraction of sp³-hybridized carbons (Fsp3) is 0.333. The molecule has 0 saturated heterocycles. The predicted molar refractivity (Wildman–Crippen MR) is 46.8 cm³/mol. The SMILES string of the molecule is C=C(Cl)C(F)(F)F.C=CC(F)(Cl)Cl. The number of rotatable bonds is 1. The fourth-order valence-corrected chi connectivity index (χ4v) is 0. The maximum Gasteiger partial charge on any atom is 0.426 e. The zero-order chi connectivity index (χ0) is 11.3. The lowest BCUT2D eigenvalue weighted by molar-refractivity contribution is -0.0841. The molecule has 0 amide bonds. The molecule has 0 saturated carbocycles. The van der Waals surface area contributed by atoms with E-state index in [0.29, 0.717) is 0 Å². The maximum absolute atomic E-state index is 11.5. The van der Waals surface area contributed by atoms with Crippen LogP contribution < -0.4 is 0 Å². The molecule has 0 aromatic rings. The van der Waals surface area contributed by atoms with Crippen LogP contribution in [0.2, 0.25) is 0 Å². The Balaban J connectivity index is 0. The van der Waals surface area contributed by atoms with E-state index < -0.39 is 15.8 Å². The Kier molecular flexibility index (Phi) is 6.85. The summed E-state index contributed by atoms with van der Waals surface area (Å²) >= 11 is 13.8. The third kappa shape index (κ3) is 14.9. The highest BCUT2D eigenvalue weighted by Crippen LogP contribution is 2.26. The minimum atomic E-state index is -4.43. The summed E-state index contributed by atoms with van der Waals surface area (Å²) in [6, 6.07) is 0. The Morgan fingerprint density at radius 2 is 1.31 bits per heavy atom. The summed E-state index contributed by atoms with van der Waals surface area (Å²) in [7, 11) is 0. The number of alkyl halides is 6. The summed E-state index contributed by atoms with van der Waals surface area (Å²) in [5, 5.41) is -1.28. The molecule has 0 nitrogen and oxygen atoms in total. The molecule has 7 heteroatoms. The first-order valence-corrected chi connectivity index (χ1v) is 3.76. The summed E-state index contributed by atoms with van der Waals surface area (Å²) < 4.78 is 42.1. The van der Waals surface area contributed by atoms with Gasteiger partial charge in [-0.15, -0.1) is 0 Å². The van der Waals surface area contributed by atoms with Crippen LogP contribution in [0.3, 0.4) is 0 Å². The monoisotopic (exact) mass is 258 g/mol. The molecule has 78 valence electrons. The molecular weight excluding hydrogens is 254 g/mol. The lowest BCUT2D eigenvalue weighted by Crippen LogP contribution is -2.04. The van der Waals surface area contributed by atoms with Gasteiger partial charge in [-0.05, 0) is 6.08 Å². The highest BCUT2D eigenvalue weighted by molar-refractivity contribution is 6.48. The first-order chi connectivity index (χ1) is 5.50. The van der Waals surface area contributed by atoms with Crippen molar-refractivity contribution >= 4 is 34.8 Å². The van der Waals surface area contributed by atoms with Crippen LogP contribution in [0.5, 0.6) is 0 Å². The van der Waals surface area contributed by atoms with E-state index in [1.54, 1.807) is 0 Å². The van der Waals surface area contributed by atoms with Crippen molar-refractivity contribution in [3.8, 4) is 0 Å². The second-order valence-corrected chi connectivity index (χ2v) is 3.40. The van der Waals surface area contributed by atoms with Crippen LogP contribution in [0.15, 0.2) is 24.3 Å². The zero-order valence-electron chi connectivity index (χ0n) is 6.14. The molecule has 0 unspecified atom stereocenters. The van der Waals surface area contributed by atoms with Crippen molar-refractivity contribution < 1.29 is 17.6 Å². The Bertz CT molecular complexity index is 179. The van der Waals surface area contributed by atoms with Gasteiger partial charge in [-0.3, -0.25) is 0 Å². The van der Waals surface area contributed by atoms with E-state index in [0.717, 1.165) is 6.08 Å². The fourth-order valence-electron chi connectivity index (χ4n) is 0. The van der Waals surface area contributed by atoms with Crippen molar-refractivity contribution in [2.24, 2.45) is 0 Å². The van der Waals surface area contributed by atoms with Crippen LogP contribution >= 0.6 is 34.8 Å². The lowest BCUT2D eigenvalue weighted by Gasteiger charge is -1.98. The van der Waals surface area contributed by atoms with Crippen LogP contribution in [0, 0.1) is 0 Å². The van der Waals surface area contributed by atoms with Crippen LogP contribution in [0.25, 0.3) is 0 Å². The van der Waals surface area contributed by atoms with Crippen molar-refractivity contribution in [3.05, 3.63) is 24.3 Å². The first-order valence-electron chi connectivity index (χ1n) is 2.62. The number of hydrogen-bond donors (Lipinski definition) is 0. The molecule has 0 spiro atoms. The van der Waals surface area contributed by atoms with E-state index in [-0.39, 0.29) is 0 Å². The van der Waals surface area contributed by atoms with Crippen LogP contribution in [-0.4, -0.2) is 10.8 Å². The van der Waals surface area contributed by atoms with Gasteiger partial charge in [-0.25, -0.2) is 4.39 Å². The summed E-state index contributed by atoms with van der Waals surface area (Å²) in [5.41, 5.74) is 0. The molecule has 0 fully saturated rings. The number of allylic oxidation sites excluding steroid dienone is 2. The predicted octanol–water partition coefficient (Wildman–Crippen LogP) is 4.57. The highest BCUT2D eigenvalue weighted by Gasteiger charge is 2.30. The van der Waals surface area contributed by atoms with Crippen LogP contribution in [0.4, 0.5) is 17.6 Å². The molecule has 0 aromatic heterocycles. The van der Waals surface area contributed by atoms with Crippen molar-refractivity contribution in [3.63, 3.8) is 0 Å².